The molecule has 0 radical (unpaired) electrons. The van der Waals surface area contributed by atoms with Gasteiger partial charge in [-0.1, -0.05) is 12.1 Å². The predicted octanol–water partition coefficient (Wildman–Crippen LogP) is 5.88. The van der Waals surface area contributed by atoms with Crippen LogP contribution in [-0.4, -0.2) is 37.6 Å². The number of hydrogen-bond acceptors (Lipinski definition) is 9. The molecule has 1 unspecified atom stereocenters. The zero-order valence-corrected chi connectivity index (χ0v) is 25.1. The number of nitriles is 2. The maximum absolute atomic E-state index is 14.5. The monoisotopic (exact) mass is 593 g/mol. The van der Waals surface area contributed by atoms with Gasteiger partial charge in [0.05, 0.1) is 36.4 Å². The van der Waals surface area contributed by atoms with Crippen molar-refractivity contribution < 1.29 is 18.7 Å². The lowest BCUT2D eigenvalue weighted by atomic mass is 9.86. The fraction of sp³-hybridized carbons (Fsp3) is 0.364. The summed E-state index contributed by atoms with van der Waals surface area (Å²) in [5, 5.41) is 18.8. The van der Waals surface area contributed by atoms with Gasteiger partial charge in [-0.3, -0.25) is 0 Å². The summed E-state index contributed by atoms with van der Waals surface area (Å²) in [6.07, 6.45) is 6.12. The lowest BCUT2D eigenvalue weighted by Gasteiger charge is -2.23. The van der Waals surface area contributed by atoms with Crippen LogP contribution in [0.15, 0.2) is 42.6 Å². The molecule has 0 N–H and O–H groups in total. The van der Waals surface area contributed by atoms with Crippen LogP contribution in [0.3, 0.4) is 0 Å². The lowest BCUT2D eigenvalue weighted by molar-refractivity contribution is 0.0594. The summed E-state index contributed by atoms with van der Waals surface area (Å²) >= 11 is 0. The number of imidazole rings is 1. The summed E-state index contributed by atoms with van der Waals surface area (Å²) in [6, 6.07) is 13.0. The van der Waals surface area contributed by atoms with Crippen molar-refractivity contribution in [3.8, 4) is 18.0 Å². The van der Waals surface area contributed by atoms with Gasteiger partial charge in [-0.25, -0.2) is 19.7 Å². The first kappa shape index (κ1) is 30.3. The number of aromatic nitrogens is 5. The van der Waals surface area contributed by atoms with Gasteiger partial charge in [-0.2, -0.15) is 19.9 Å². The van der Waals surface area contributed by atoms with Gasteiger partial charge >= 0.3 is 5.97 Å². The maximum atomic E-state index is 14.5. The summed E-state index contributed by atoms with van der Waals surface area (Å²) in [5.74, 6) is 0.194. The highest BCUT2D eigenvalue weighted by Gasteiger charge is 2.26. The number of benzene rings is 1. The van der Waals surface area contributed by atoms with Crippen molar-refractivity contribution in [1.29, 1.82) is 10.5 Å². The largest absolute Gasteiger partial charge is 0.471 e. The average Bonchev–Trinajstić information content (AvgIpc) is 3.36. The third-order valence-corrected chi connectivity index (χ3v) is 7.75. The number of carbonyl (C=O) groups excluding carboxylic acids is 1. The molecule has 10 nitrogen and oxygen atoms in total. The van der Waals surface area contributed by atoms with E-state index in [2.05, 4.69) is 33.2 Å². The quantitative estimate of drug-likeness (QED) is 0.218. The summed E-state index contributed by atoms with van der Waals surface area (Å²) < 4.78 is 27.1. The van der Waals surface area contributed by atoms with Crippen molar-refractivity contribution in [3.63, 3.8) is 0 Å². The summed E-state index contributed by atoms with van der Waals surface area (Å²) in [4.78, 5) is 30.1. The smallest absolute Gasteiger partial charge is 0.356 e. The molecule has 1 aliphatic carbocycles. The van der Waals surface area contributed by atoms with Crippen LogP contribution in [0.2, 0.25) is 0 Å². The van der Waals surface area contributed by atoms with E-state index in [1.807, 2.05) is 25.3 Å². The van der Waals surface area contributed by atoms with E-state index in [0.717, 1.165) is 41.6 Å². The van der Waals surface area contributed by atoms with Crippen LogP contribution >= 0.6 is 0 Å². The average molecular weight is 594 g/mol. The van der Waals surface area contributed by atoms with Gasteiger partial charge < -0.3 is 14.0 Å². The second-order valence-corrected chi connectivity index (χ2v) is 11.6. The molecule has 5 rings (SSSR count). The Labute approximate surface area is 254 Å². The Balaban J connectivity index is 1.33. The molecular formula is C33H32FN7O3. The number of pyridine rings is 1. The molecule has 0 bridgehead atoms. The summed E-state index contributed by atoms with van der Waals surface area (Å²) in [6.45, 7) is 6.07. The van der Waals surface area contributed by atoms with Gasteiger partial charge in [0, 0.05) is 13.0 Å². The normalized spacial score (nSPS) is 14.9. The van der Waals surface area contributed by atoms with Gasteiger partial charge in [-0.05, 0) is 86.9 Å². The van der Waals surface area contributed by atoms with Crippen LogP contribution in [0.5, 0.6) is 5.88 Å². The molecule has 0 amide bonds. The Morgan fingerprint density at radius 3 is 2.68 bits per heavy atom. The molecule has 224 valence electrons. The molecule has 1 atom stereocenters. The summed E-state index contributed by atoms with van der Waals surface area (Å²) in [7, 11) is 1.31. The highest BCUT2D eigenvalue weighted by molar-refractivity contribution is 5.89. The Bertz CT molecular complexity index is 1850. The second-order valence-electron chi connectivity index (χ2n) is 11.6. The van der Waals surface area contributed by atoms with Crippen molar-refractivity contribution in [1.82, 2.24) is 24.5 Å². The molecule has 0 saturated heterocycles. The van der Waals surface area contributed by atoms with E-state index in [4.69, 9.17) is 19.7 Å². The third-order valence-electron chi connectivity index (χ3n) is 7.75. The zero-order valence-electron chi connectivity index (χ0n) is 25.1. The molecule has 3 aromatic heterocycles. The number of halogens is 1. The highest BCUT2D eigenvalue weighted by atomic mass is 19.1. The molecule has 0 fully saturated rings. The minimum atomic E-state index is -0.677. The van der Waals surface area contributed by atoms with Gasteiger partial charge in [0.1, 0.15) is 17.9 Å². The Kier molecular flexibility index (Phi) is 8.68. The molecule has 1 aliphatic rings. The van der Waals surface area contributed by atoms with Gasteiger partial charge in [0.15, 0.2) is 17.2 Å². The van der Waals surface area contributed by atoms with Crippen LogP contribution in [0.25, 0.3) is 16.7 Å². The molecule has 1 aromatic carbocycles. The standard InChI is InChI=1S/C33H32FN7O3/c1-20-13-22(15-35)7-10-24(20)17-44-31-25(34)16-37-29(40-31)23-8-5-21(6-9-23)14-28-38-26-11-12-27(32(42)43-4)39-30(26)41(28)19-33(2,3)18-36/h7-8,10-13,16,21H,5-6,9,14,17,19H2,1-4H3. The fourth-order valence-corrected chi connectivity index (χ4v) is 5.24. The molecule has 11 heteroatoms. The molecular weight excluding hydrogens is 561 g/mol. The molecule has 3 heterocycles. The van der Waals surface area contributed by atoms with Crippen LogP contribution in [0, 0.1) is 46.7 Å². The van der Waals surface area contributed by atoms with Crippen molar-refractivity contribution >= 4 is 22.7 Å². The second kappa shape index (κ2) is 12.6. The van der Waals surface area contributed by atoms with E-state index < -0.39 is 17.2 Å². The zero-order chi connectivity index (χ0) is 31.4. The van der Waals surface area contributed by atoms with Gasteiger partial charge in [-0.15, -0.1) is 0 Å². The molecule has 0 saturated carbocycles. The van der Waals surface area contributed by atoms with Gasteiger partial charge in [0.2, 0.25) is 5.82 Å². The van der Waals surface area contributed by atoms with Crippen LogP contribution in [0.4, 0.5) is 4.39 Å². The first-order chi connectivity index (χ1) is 21.1. The van der Waals surface area contributed by atoms with E-state index in [-0.39, 0.29) is 24.1 Å². The maximum Gasteiger partial charge on any atom is 0.356 e. The number of methoxy groups -OCH3 is 1. The minimum Gasteiger partial charge on any atom is -0.471 e. The predicted molar refractivity (Wildman–Crippen MR) is 159 cm³/mol. The Morgan fingerprint density at radius 1 is 1.18 bits per heavy atom. The van der Waals surface area contributed by atoms with E-state index in [0.29, 0.717) is 41.9 Å². The Hall–Kier alpha value is -5.16. The first-order valence-electron chi connectivity index (χ1n) is 14.3. The van der Waals surface area contributed by atoms with Crippen molar-refractivity contribution in [2.45, 2.75) is 59.6 Å². The van der Waals surface area contributed by atoms with Crippen molar-refractivity contribution in [2.75, 3.05) is 7.11 Å². The molecule has 44 heavy (non-hydrogen) atoms. The lowest BCUT2D eigenvalue weighted by Crippen LogP contribution is -2.21. The number of carbonyl (C=O) groups is 1. The minimum absolute atomic E-state index is 0.116. The van der Waals surface area contributed by atoms with E-state index in [1.165, 1.54) is 7.11 Å². The number of nitrogens with zero attached hydrogens (tertiary/aromatic N) is 7. The third kappa shape index (κ3) is 6.57. The van der Waals surface area contributed by atoms with Crippen LogP contribution < -0.4 is 4.74 Å². The van der Waals surface area contributed by atoms with E-state index in [9.17, 15) is 14.4 Å². The molecule has 4 aromatic rings. The topological polar surface area (TPSA) is 140 Å². The van der Waals surface area contributed by atoms with Gasteiger partial charge in [0.25, 0.3) is 5.88 Å². The number of esters is 1. The van der Waals surface area contributed by atoms with E-state index in [1.54, 1.807) is 30.3 Å². The number of rotatable bonds is 9. The number of hydrogen-bond donors (Lipinski definition) is 0. The number of allylic oxidation sites excluding steroid dienone is 2. The highest BCUT2D eigenvalue weighted by Crippen LogP contribution is 2.33. The van der Waals surface area contributed by atoms with E-state index >= 15 is 0 Å². The van der Waals surface area contributed by atoms with Crippen LogP contribution in [-0.2, 0) is 24.3 Å². The SMILES string of the molecule is COC(=O)c1ccc2nc(CC3CC=C(c4ncc(F)c(OCc5ccc(C#N)cc5C)n4)CC3)n(CC(C)(C)C#N)c2n1. The number of ether oxygens (including phenoxy) is 2. The first-order valence-corrected chi connectivity index (χ1v) is 14.3. The van der Waals surface area contributed by atoms with Crippen molar-refractivity contribution in [2.24, 2.45) is 11.3 Å². The Morgan fingerprint density at radius 2 is 2.00 bits per heavy atom. The number of fused-ring (bicyclic) bond motifs is 1. The molecule has 0 aliphatic heterocycles. The van der Waals surface area contributed by atoms with Crippen molar-refractivity contribution in [3.05, 3.63) is 82.5 Å². The molecule has 0 spiro atoms. The summed E-state index contributed by atoms with van der Waals surface area (Å²) in [5.41, 5.74) is 3.89. The van der Waals surface area contributed by atoms with Crippen LogP contribution in [0.1, 0.15) is 71.9 Å². The fourth-order valence-electron chi connectivity index (χ4n) is 5.24. The number of aryl methyl sites for hydroxylation is 1.